The van der Waals surface area contributed by atoms with Crippen molar-refractivity contribution in [3.05, 3.63) is 63.8 Å². The van der Waals surface area contributed by atoms with Crippen LogP contribution in [0.15, 0.2) is 35.3 Å². The topological polar surface area (TPSA) is 57.7 Å². The molecule has 1 aliphatic heterocycles. The number of aromatic nitrogens is 1. The number of carbonyl (C=O) groups excluding carboxylic acids is 1. The Balaban J connectivity index is 1.71. The number of rotatable bonds is 3. The molecule has 31 heavy (non-hydrogen) atoms. The molecule has 3 aromatic rings. The summed E-state index contributed by atoms with van der Waals surface area (Å²) < 4.78 is 5.56. The second-order valence-electron chi connectivity index (χ2n) is 9.00. The van der Waals surface area contributed by atoms with Crippen LogP contribution in [0.4, 0.5) is 5.69 Å². The Labute approximate surface area is 183 Å². The second-order valence-corrected chi connectivity index (χ2v) is 9.00. The van der Waals surface area contributed by atoms with Gasteiger partial charge in [-0.2, -0.15) is 0 Å². The van der Waals surface area contributed by atoms with E-state index in [4.69, 9.17) is 4.74 Å². The molecule has 0 radical (unpaired) electrons. The third-order valence-corrected chi connectivity index (χ3v) is 6.82. The largest absolute Gasteiger partial charge is 0.378 e. The minimum absolute atomic E-state index is 0.121. The Morgan fingerprint density at radius 3 is 2.68 bits per heavy atom. The second kappa shape index (κ2) is 7.34. The Bertz CT molecular complexity index is 1210. The highest BCUT2D eigenvalue weighted by Crippen LogP contribution is 2.45. The van der Waals surface area contributed by atoms with Gasteiger partial charge < -0.3 is 14.6 Å². The third kappa shape index (κ3) is 3.02. The van der Waals surface area contributed by atoms with Crippen LogP contribution >= 0.6 is 0 Å². The fourth-order valence-corrected chi connectivity index (χ4v) is 5.14. The van der Waals surface area contributed by atoms with Crippen molar-refractivity contribution in [1.29, 1.82) is 0 Å². The predicted molar refractivity (Wildman–Crippen MR) is 126 cm³/mol. The summed E-state index contributed by atoms with van der Waals surface area (Å²) in [5.74, 6) is 0.121. The van der Waals surface area contributed by atoms with E-state index in [1.165, 1.54) is 11.3 Å². The van der Waals surface area contributed by atoms with Crippen LogP contribution in [0.2, 0.25) is 0 Å². The molecule has 0 atom stereocenters. The monoisotopic (exact) mass is 415 g/mol. The van der Waals surface area contributed by atoms with Crippen LogP contribution in [0.25, 0.3) is 10.9 Å². The zero-order chi connectivity index (χ0) is 21.8. The first-order chi connectivity index (χ1) is 15.0. The number of aryl methyl sites for hydroxylation is 1. The van der Waals surface area contributed by atoms with Gasteiger partial charge >= 0.3 is 0 Å². The molecule has 1 aliphatic carbocycles. The van der Waals surface area contributed by atoms with Crippen LogP contribution in [0.1, 0.15) is 59.1 Å². The number of carbonyl (C=O) groups is 1. The average molecular weight is 416 g/mol. The van der Waals surface area contributed by atoms with Crippen molar-refractivity contribution in [3.63, 3.8) is 0 Å². The molecule has 160 valence electrons. The van der Waals surface area contributed by atoms with Crippen molar-refractivity contribution < 1.29 is 9.53 Å². The normalized spacial score (nSPS) is 17.9. The minimum atomic E-state index is -0.302. The van der Waals surface area contributed by atoms with E-state index in [2.05, 4.69) is 53.8 Å². The molecule has 5 nitrogen and oxygen atoms in total. The molecule has 0 saturated carbocycles. The Morgan fingerprint density at radius 1 is 1.19 bits per heavy atom. The molecule has 0 unspecified atom stereocenters. The lowest BCUT2D eigenvalue weighted by atomic mass is 9.70. The van der Waals surface area contributed by atoms with Crippen molar-refractivity contribution >= 4 is 28.6 Å². The van der Waals surface area contributed by atoms with E-state index < -0.39 is 0 Å². The number of hydrogen-bond donors (Lipinski definition) is 1. The lowest BCUT2D eigenvalue weighted by Crippen LogP contribution is -2.38. The van der Waals surface area contributed by atoms with Crippen LogP contribution in [0.3, 0.4) is 0 Å². The number of aliphatic imine (C=N–C) groups is 1. The van der Waals surface area contributed by atoms with E-state index in [1.807, 2.05) is 18.3 Å². The fraction of sp³-hybridized carbons (Fsp3) is 0.385. The SMILES string of the molecule is CCc1cc2c(cc1N1CCOCC1)C(C)(C)c1[nH]c3cc(C=NC)ccc3c1C2=O. The van der Waals surface area contributed by atoms with Crippen molar-refractivity contribution in [2.75, 3.05) is 38.3 Å². The summed E-state index contributed by atoms with van der Waals surface area (Å²) >= 11 is 0. The molecule has 2 aliphatic rings. The first kappa shape index (κ1) is 20.0. The number of benzene rings is 2. The molecule has 1 fully saturated rings. The number of anilines is 1. The van der Waals surface area contributed by atoms with Gasteiger partial charge in [-0.1, -0.05) is 32.9 Å². The molecule has 1 aromatic heterocycles. The number of ether oxygens (including phenoxy) is 1. The molecule has 5 rings (SSSR count). The minimum Gasteiger partial charge on any atom is -0.378 e. The molecule has 1 saturated heterocycles. The zero-order valence-corrected chi connectivity index (χ0v) is 18.7. The standard InChI is InChI=1S/C26H29N3O2/c1-5-17-13-19-20(14-22(17)29-8-10-31-11-9-29)26(2,3)25-23(24(19)30)18-7-6-16(15-27-4)12-21(18)28-25/h6-7,12-15,28H,5,8-11H2,1-4H3. The van der Waals surface area contributed by atoms with Crippen LogP contribution in [-0.4, -0.2) is 50.3 Å². The van der Waals surface area contributed by atoms with Gasteiger partial charge in [0.25, 0.3) is 0 Å². The van der Waals surface area contributed by atoms with Gasteiger partial charge in [0.15, 0.2) is 5.78 Å². The van der Waals surface area contributed by atoms with Gasteiger partial charge in [0.1, 0.15) is 0 Å². The molecule has 2 aromatic carbocycles. The highest BCUT2D eigenvalue weighted by atomic mass is 16.5. The van der Waals surface area contributed by atoms with Crippen LogP contribution in [-0.2, 0) is 16.6 Å². The highest BCUT2D eigenvalue weighted by molar-refractivity contribution is 6.20. The summed E-state index contributed by atoms with van der Waals surface area (Å²) in [7, 11) is 1.77. The average Bonchev–Trinajstić information content (AvgIpc) is 3.18. The number of nitrogens with zero attached hydrogens (tertiary/aromatic N) is 2. The van der Waals surface area contributed by atoms with Crippen molar-refractivity contribution in [2.24, 2.45) is 4.99 Å². The van der Waals surface area contributed by atoms with Gasteiger partial charge in [0, 0.05) is 59.6 Å². The number of ketones is 1. The van der Waals surface area contributed by atoms with Crippen molar-refractivity contribution in [3.8, 4) is 0 Å². The number of aromatic amines is 1. The number of H-pyrrole nitrogens is 1. The van der Waals surface area contributed by atoms with E-state index in [9.17, 15) is 4.79 Å². The smallest absolute Gasteiger partial charge is 0.195 e. The molecular formula is C26H29N3O2. The quantitative estimate of drug-likeness (QED) is 0.642. The van der Waals surface area contributed by atoms with Crippen LogP contribution in [0.5, 0.6) is 0 Å². The summed E-state index contributed by atoms with van der Waals surface area (Å²) in [5.41, 5.74) is 7.94. The van der Waals surface area contributed by atoms with E-state index in [-0.39, 0.29) is 11.2 Å². The molecular weight excluding hydrogens is 386 g/mol. The lowest BCUT2D eigenvalue weighted by molar-refractivity contribution is 0.103. The fourth-order valence-electron chi connectivity index (χ4n) is 5.14. The van der Waals surface area contributed by atoms with E-state index in [0.29, 0.717) is 0 Å². The predicted octanol–water partition coefficient (Wildman–Crippen LogP) is 4.49. The Kier molecular flexibility index (Phi) is 4.74. The summed E-state index contributed by atoms with van der Waals surface area (Å²) in [5, 5.41) is 0.988. The summed E-state index contributed by atoms with van der Waals surface area (Å²) in [6.07, 6.45) is 2.73. The molecule has 0 bridgehead atoms. The number of fused-ring (bicyclic) bond motifs is 4. The lowest BCUT2D eigenvalue weighted by Gasteiger charge is -2.36. The summed E-state index contributed by atoms with van der Waals surface area (Å²) in [6.45, 7) is 9.87. The van der Waals surface area contributed by atoms with Gasteiger partial charge in [0.2, 0.25) is 0 Å². The van der Waals surface area contributed by atoms with Crippen LogP contribution < -0.4 is 4.90 Å². The van der Waals surface area contributed by atoms with Crippen LogP contribution in [0, 0.1) is 0 Å². The first-order valence-electron chi connectivity index (χ1n) is 11.1. The van der Waals surface area contributed by atoms with Gasteiger partial charge in [-0.25, -0.2) is 0 Å². The maximum atomic E-state index is 13.8. The van der Waals surface area contributed by atoms with E-state index >= 15 is 0 Å². The van der Waals surface area contributed by atoms with Crippen molar-refractivity contribution in [2.45, 2.75) is 32.6 Å². The molecule has 0 amide bonds. The number of hydrogen-bond acceptors (Lipinski definition) is 4. The maximum absolute atomic E-state index is 13.8. The molecule has 2 heterocycles. The highest BCUT2D eigenvalue weighted by Gasteiger charge is 2.40. The Morgan fingerprint density at radius 2 is 1.97 bits per heavy atom. The molecule has 1 N–H and O–H groups in total. The first-order valence-corrected chi connectivity index (χ1v) is 11.1. The van der Waals surface area contributed by atoms with Gasteiger partial charge in [-0.3, -0.25) is 9.79 Å². The van der Waals surface area contributed by atoms with Gasteiger partial charge in [0.05, 0.1) is 18.8 Å². The molecule has 5 heteroatoms. The van der Waals surface area contributed by atoms with Gasteiger partial charge in [-0.15, -0.1) is 0 Å². The van der Waals surface area contributed by atoms with E-state index in [1.54, 1.807) is 7.05 Å². The zero-order valence-electron chi connectivity index (χ0n) is 18.7. The number of morpholine rings is 1. The Hall–Kier alpha value is -2.92. The number of nitrogens with one attached hydrogen (secondary N) is 1. The summed E-state index contributed by atoms with van der Waals surface area (Å²) in [4.78, 5) is 23.9. The third-order valence-electron chi connectivity index (χ3n) is 6.82. The van der Waals surface area contributed by atoms with Crippen molar-refractivity contribution in [1.82, 2.24) is 4.98 Å². The molecule has 0 spiro atoms. The van der Waals surface area contributed by atoms with E-state index in [0.717, 1.165) is 71.6 Å². The maximum Gasteiger partial charge on any atom is 0.195 e. The van der Waals surface area contributed by atoms with Gasteiger partial charge in [-0.05, 0) is 41.3 Å². The summed E-state index contributed by atoms with van der Waals surface area (Å²) in [6, 6.07) is 10.6.